The Bertz CT molecular complexity index is 2220. The number of carboxylic acid groups (broad SMARTS) is 1. The number of rotatable bonds is 12. The Hall–Kier alpha value is -2.46. The molecule has 4 saturated carbocycles. The summed E-state index contributed by atoms with van der Waals surface area (Å²) in [5.74, 6) is -2.02. The van der Waals surface area contributed by atoms with Gasteiger partial charge in [-0.25, -0.2) is 4.79 Å². The molecule has 9 rings (SSSR count). The fraction of sp³-hybridized carbons (Fsp3) is 0.889. The number of carbonyl (C=O) groups is 2. The highest BCUT2D eigenvalue weighted by molar-refractivity contribution is 5.94. The maximum absolute atomic E-state index is 12.7. The van der Waals surface area contributed by atoms with Gasteiger partial charge in [0, 0.05) is 10.8 Å². The zero-order valence-electron chi connectivity index (χ0n) is 44.8. The Labute approximate surface area is 442 Å². The van der Waals surface area contributed by atoms with Gasteiger partial charge >= 0.3 is 5.97 Å². The molecule has 0 spiro atoms. The molecule has 4 heterocycles. The van der Waals surface area contributed by atoms with Crippen LogP contribution in [0.25, 0.3) is 0 Å². The highest BCUT2D eigenvalue weighted by atomic mass is 16.8. The number of carboxylic acids is 1. The van der Waals surface area contributed by atoms with E-state index in [1.165, 1.54) is 5.57 Å². The van der Waals surface area contributed by atoms with Crippen LogP contribution in [0.3, 0.4) is 0 Å². The van der Waals surface area contributed by atoms with Crippen molar-refractivity contribution in [1.82, 2.24) is 0 Å². The first-order valence-corrected chi connectivity index (χ1v) is 27.2. The number of aliphatic hydroxyl groups is 11. The van der Waals surface area contributed by atoms with E-state index in [2.05, 4.69) is 47.6 Å². The minimum absolute atomic E-state index is 0.0552. The number of ketones is 1. The predicted octanol–water partition coefficient (Wildman–Crippen LogP) is 0.806. The van der Waals surface area contributed by atoms with E-state index in [4.69, 9.17) is 37.9 Å². The molecular formula is C54H84O22. The Balaban J connectivity index is 0.980. The predicted molar refractivity (Wildman–Crippen MR) is 261 cm³/mol. The second-order valence-corrected chi connectivity index (χ2v) is 25.8. The summed E-state index contributed by atoms with van der Waals surface area (Å²) in [5, 5.41) is 129. The smallest absolute Gasteiger partial charge is 0.335 e. The summed E-state index contributed by atoms with van der Waals surface area (Å²) in [6.07, 6.45) is -20.7. The van der Waals surface area contributed by atoms with Crippen molar-refractivity contribution in [2.24, 2.45) is 50.2 Å². The van der Waals surface area contributed by atoms with Crippen LogP contribution in [0.1, 0.15) is 120 Å². The Kier molecular flexibility index (Phi) is 15.9. The van der Waals surface area contributed by atoms with Gasteiger partial charge in [-0.3, -0.25) is 4.79 Å². The number of Topliss-reactive ketones (excluding diaryl/α,β-unsaturated/α-hetero) is 1. The van der Waals surface area contributed by atoms with Gasteiger partial charge in [0.05, 0.1) is 38.4 Å². The number of carbonyl (C=O) groups excluding carboxylic acids is 1. The number of aliphatic hydroxyl groups excluding tert-OH is 11. The lowest BCUT2D eigenvalue weighted by molar-refractivity contribution is -0.397. The number of fused-ring (bicyclic) bond motifs is 7. The molecular weight excluding hydrogens is 1000 g/mol. The minimum atomic E-state index is -2.12. The first kappa shape index (κ1) is 58.2. The van der Waals surface area contributed by atoms with E-state index < -0.39 is 135 Å². The van der Waals surface area contributed by atoms with Crippen molar-refractivity contribution < 1.29 is 109 Å². The molecule has 0 amide bonds. The van der Waals surface area contributed by atoms with Crippen LogP contribution in [-0.4, -0.2) is 203 Å². The van der Waals surface area contributed by atoms with Crippen LogP contribution in [0.5, 0.6) is 0 Å². The van der Waals surface area contributed by atoms with Crippen molar-refractivity contribution in [3.63, 3.8) is 0 Å². The number of hydrogen-bond acceptors (Lipinski definition) is 21. The van der Waals surface area contributed by atoms with Crippen molar-refractivity contribution in [3.05, 3.63) is 23.2 Å². The van der Waals surface area contributed by atoms with Gasteiger partial charge in [0.25, 0.3) is 0 Å². The van der Waals surface area contributed by atoms with Crippen LogP contribution in [0.2, 0.25) is 0 Å². The second-order valence-electron chi connectivity index (χ2n) is 25.8. The number of ether oxygens (including phenoxy) is 8. The van der Waals surface area contributed by atoms with E-state index >= 15 is 0 Å². The molecule has 432 valence electrons. The zero-order valence-corrected chi connectivity index (χ0v) is 44.8. The van der Waals surface area contributed by atoms with E-state index in [9.17, 15) is 70.9 Å². The van der Waals surface area contributed by atoms with E-state index in [0.717, 1.165) is 38.5 Å². The summed E-state index contributed by atoms with van der Waals surface area (Å²) in [4.78, 5) is 25.3. The Morgan fingerprint density at radius 3 is 1.88 bits per heavy atom. The average Bonchev–Trinajstić information content (AvgIpc) is 3.54. The quantitative estimate of drug-likeness (QED) is 0.0950. The molecule has 7 fully saturated rings. The van der Waals surface area contributed by atoms with E-state index in [0.29, 0.717) is 19.3 Å². The monoisotopic (exact) mass is 1080 g/mol. The van der Waals surface area contributed by atoms with E-state index in [1.807, 2.05) is 6.92 Å². The van der Waals surface area contributed by atoms with E-state index in [-0.39, 0.29) is 75.5 Å². The highest BCUT2D eigenvalue weighted by Gasteiger charge is 2.70. The topological polar surface area (TPSA) is 351 Å². The number of allylic oxidation sites excluding steroid dienone is 4. The van der Waals surface area contributed by atoms with Crippen molar-refractivity contribution in [2.75, 3.05) is 19.8 Å². The summed E-state index contributed by atoms with van der Waals surface area (Å²) in [7, 11) is 0. The maximum Gasteiger partial charge on any atom is 0.335 e. The third kappa shape index (κ3) is 9.31. The molecule has 6 unspecified atom stereocenters. The van der Waals surface area contributed by atoms with Crippen molar-refractivity contribution in [1.29, 1.82) is 0 Å². The molecule has 3 saturated heterocycles. The molecule has 0 bridgehead atoms. The lowest BCUT2D eigenvalue weighted by Crippen LogP contribution is -2.68. The third-order valence-corrected chi connectivity index (χ3v) is 21.1. The molecule has 0 radical (unpaired) electrons. The van der Waals surface area contributed by atoms with Crippen molar-refractivity contribution in [2.45, 2.75) is 230 Å². The lowest BCUT2D eigenvalue weighted by atomic mass is 9.33. The van der Waals surface area contributed by atoms with Crippen molar-refractivity contribution >= 4 is 11.8 Å². The second kappa shape index (κ2) is 20.8. The standard InChI is InChI=1S/C54H84O22/c1-23-34(59)26(58)17-33(69-23)72-32-19-49(2,3)18-25-24-9-10-30-51(5)13-12-31(52(6,22-57)29(51)11-14-54(30,8)53(24,7)16-15-50(25,32)4)73-48-44(40(65)39(64)42(74-48)45(67)68)76-47-43(38(63)36(61)28(21-56)71-47)75-46-41(66)37(62)35(60)27(20-55)70-46/h9,25,27-33,35-44,46-48,55-57,59-66H,10-22H2,1-8H3,(H,67,68)/t25?,27-,28-,29?,30?,31?,32?,33?,35-,36+,37+,38+,39+,40+,41-,42+,43-,44-,46-,47+,48-,50-,51+,52-,53-,54-/m1/s1. The normalized spacial score (nSPS) is 52.3. The lowest BCUT2D eigenvalue weighted by Gasteiger charge is -2.72. The third-order valence-electron chi connectivity index (χ3n) is 21.1. The van der Waals surface area contributed by atoms with Gasteiger partial charge in [0.2, 0.25) is 12.1 Å². The molecule has 26 atom stereocenters. The Morgan fingerprint density at radius 1 is 0.658 bits per heavy atom. The molecule has 5 aliphatic carbocycles. The van der Waals surface area contributed by atoms with Gasteiger partial charge in [0.1, 0.15) is 72.9 Å². The minimum Gasteiger partial charge on any atom is -0.502 e. The van der Waals surface area contributed by atoms with E-state index in [1.54, 1.807) is 6.92 Å². The first-order valence-electron chi connectivity index (χ1n) is 27.2. The average molecular weight is 1090 g/mol. The zero-order chi connectivity index (χ0) is 55.6. The molecule has 12 N–H and O–H groups in total. The van der Waals surface area contributed by atoms with Crippen LogP contribution < -0.4 is 0 Å². The fourth-order valence-electron chi connectivity index (χ4n) is 16.3. The molecule has 0 aromatic carbocycles. The summed E-state index contributed by atoms with van der Waals surface area (Å²) in [5.41, 5.74) is -0.626. The van der Waals surface area contributed by atoms with Gasteiger partial charge < -0.3 is 99.2 Å². The van der Waals surface area contributed by atoms with Crippen LogP contribution in [-0.2, 0) is 47.5 Å². The fourth-order valence-corrected chi connectivity index (χ4v) is 16.3. The van der Waals surface area contributed by atoms with Gasteiger partial charge in [-0.2, -0.15) is 0 Å². The molecule has 0 aromatic rings. The molecule has 4 aliphatic heterocycles. The van der Waals surface area contributed by atoms with Crippen LogP contribution in [0, 0.1) is 50.2 Å². The Morgan fingerprint density at radius 2 is 1.26 bits per heavy atom. The molecule has 9 aliphatic rings. The van der Waals surface area contributed by atoms with Gasteiger partial charge in [0.15, 0.2) is 30.7 Å². The highest BCUT2D eigenvalue weighted by Crippen LogP contribution is 2.76. The molecule has 22 nitrogen and oxygen atoms in total. The van der Waals surface area contributed by atoms with Gasteiger partial charge in [-0.05, 0) is 104 Å². The molecule has 0 aromatic heterocycles. The molecule has 22 heteroatoms. The first-order chi connectivity index (χ1) is 35.5. The van der Waals surface area contributed by atoms with Crippen LogP contribution >= 0.6 is 0 Å². The summed E-state index contributed by atoms with van der Waals surface area (Å²) >= 11 is 0. The summed E-state index contributed by atoms with van der Waals surface area (Å²) in [6, 6.07) is 0. The summed E-state index contributed by atoms with van der Waals surface area (Å²) < 4.78 is 48.9. The number of aliphatic carboxylic acids is 1. The van der Waals surface area contributed by atoms with Gasteiger partial charge in [-0.15, -0.1) is 0 Å². The van der Waals surface area contributed by atoms with Crippen LogP contribution in [0.4, 0.5) is 0 Å². The SMILES string of the molecule is CC1=C(O)C(=O)CC(OC2CC(C)(C)CC3C4=CCC5[C@@]6(C)CCC(O[C@@H]7O[C@H](C(=O)O)[C@@H](O)[C@H](O)[C@H]7O[C@@H]7O[C@H](CO)[C@H](O)[C@H](O)[C@H]7O[C@H]7O[C@H](CO)[C@@H](O)[C@H](O)[C@H]7O)[C@](C)(CO)C6CC[C@@]5(C)[C@]4(C)CC[C@@]23C)O1. The van der Waals surface area contributed by atoms with Crippen molar-refractivity contribution in [3.8, 4) is 0 Å². The van der Waals surface area contributed by atoms with Gasteiger partial charge in [-0.1, -0.05) is 60.1 Å². The maximum atomic E-state index is 12.7. The summed E-state index contributed by atoms with van der Waals surface area (Å²) in [6.45, 7) is 15.5. The largest absolute Gasteiger partial charge is 0.502 e. The number of hydrogen-bond donors (Lipinski definition) is 12. The molecule has 76 heavy (non-hydrogen) atoms. The van der Waals surface area contributed by atoms with Crippen LogP contribution in [0.15, 0.2) is 23.2 Å².